The van der Waals surface area contributed by atoms with E-state index >= 15 is 0 Å². The molecule has 1 saturated heterocycles. The molecule has 12 nitrogen and oxygen atoms in total. The molecular formula is C65H102O12. The summed E-state index contributed by atoms with van der Waals surface area (Å²) in [5, 5.41) is 31.4. The number of esters is 3. The zero-order valence-corrected chi connectivity index (χ0v) is 47.7. The first kappa shape index (κ1) is 70.1. The summed E-state index contributed by atoms with van der Waals surface area (Å²) in [6.45, 7) is 5.66. The van der Waals surface area contributed by atoms with Gasteiger partial charge < -0.3 is 39.0 Å². The van der Waals surface area contributed by atoms with Gasteiger partial charge >= 0.3 is 23.9 Å². The first-order valence-corrected chi connectivity index (χ1v) is 29.5. The Morgan fingerprint density at radius 3 is 1.25 bits per heavy atom. The first-order chi connectivity index (χ1) is 37.6. The summed E-state index contributed by atoms with van der Waals surface area (Å²) >= 11 is 0. The Kier molecular flexibility index (Phi) is 47.2. The Morgan fingerprint density at radius 1 is 0.442 bits per heavy atom. The highest BCUT2D eigenvalue weighted by Crippen LogP contribution is 2.26. The molecule has 0 aromatic rings. The summed E-state index contributed by atoms with van der Waals surface area (Å²) in [4.78, 5) is 51.0. The largest absolute Gasteiger partial charge is 0.479 e. The molecule has 434 valence electrons. The third-order valence-corrected chi connectivity index (χ3v) is 12.5. The minimum atomic E-state index is -1.92. The number of carboxylic acids is 1. The van der Waals surface area contributed by atoms with Crippen LogP contribution in [0, 0.1) is 0 Å². The fourth-order valence-electron chi connectivity index (χ4n) is 8.07. The number of carbonyl (C=O) groups excluding carboxylic acids is 3. The van der Waals surface area contributed by atoms with Gasteiger partial charge in [0.1, 0.15) is 18.8 Å². The van der Waals surface area contributed by atoms with Crippen LogP contribution >= 0.6 is 0 Å². The average Bonchev–Trinajstić information content (AvgIpc) is 3.42. The van der Waals surface area contributed by atoms with E-state index in [2.05, 4.69) is 142 Å². The summed E-state index contributed by atoms with van der Waals surface area (Å²) in [5.41, 5.74) is 0. The van der Waals surface area contributed by atoms with E-state index in [0.717, 1.165) is 128 Å². The first-order valence-electron chi connectivity index (χ1n) is 29.5. The number of ether oxygens (including phenoxy) is 5. The van der Waals surface area contributed by atoms with Crippen molar-refractivity contribution in [1.29, 1.82) is 0 Å². The van der Waals surface area contributed by atoms with Crippen molar-refractivity contribution >= 4 is 23.9 Å². The number of aliphatic carboxylic acids is 1. The maximum atomic E-state index is 13.1. The van der Waals surface area contributed by atoms with E-state index in [1.165, 1.54) is 25.7 Å². The van der Waals surface area contributed by atoms with E-state index in [1.807, 2.05) is 0 Å². The molecule has 0 aromatic carbocycles. The molecule has 1 heterocycles. The molecule has 0 radical (unpaired) electrons. The summed E-state index contributed by atoms with van der Waals surface area (Å²) in [6, 6.07) is 0. The van der Waals surface area contributed by atoms with Crippen LogP contribution in [0.15, 0.2) is 122 Å². The number of rotatable bonds is 48. The van der Waals surface area contributed by atoms with Crippen LogP contribution in [0.5, 0.6) is 0 Å². The third kappa shape index (κ3) is 41.8. The summed E-state index contributed by atoms with van der Waals surface area (Å²) in [7, 11) is 0. The maximum Gasteiger partial charge on any atom is 0.335 e. The topological polar surface area (TPSA) is 175 Å². The van der Waals surface area contributed by atoms with Gasteiger partial charge in [-0.15, -0.1) is 0 Å². The molecule has 1 fully saturated rings. The second kappa shape index (κ2) is 51.9. The van der Waals surface area contributed by atoms with Crippen molar-refractivity contribution < 1.29 is 58.2 Å². The van der Waals surface area contributed by atoms with Crippen LogP contribution in [0.1, 0.15) is 213 Å². The molecule has 6 atom stereocenters. The van der Waals surface area contributed by atoms with Gasteiger partial charge in [-0.3, -0.25) is 14.4 Å². The Bertz CT molecular complexity index is 1800. The zero-order chi connectivity index (χ0) is 56.1. The number of aliphatic hydroxyl groups excluding tert-OH is 2. The van der Waals surface area contributed by atoms with Crippen molar-refractivity contribution in [3.05, 3.63) is 122 Å². The lowest BCUT2D eigenvalue weighted by Crippen LogP contribution is -2.61. The molecule has 1 rings (SSSR count). The van der Waals surface area contributed by atoms with E-state index in [4.69, 9.17) is 23.7 Å². The fourth-order valence-corrected chi connectivity index (χ4v) is 8.07. The Morgan fingerprint density at radius 2 is 0.818 bits per heavy atom. The van der Waals surface area contributed by atoms with Gasteiger partial charge in [-0.25, -0.2) is 4.79 Å². The molecule has 1 aliphatic rings. The molecule has 0 spiro atoms. The third-order valence-electron chi connectivity index (χ3n) is 12.5. The Hall–Kier alpha value is -4.88. The lowest BCUT2D eigenvalue weighted by Gasteiger charge is -2.40. The van der Waals surface area contributed by atoms with Crippen LogP contribution in [0.25, 0.3) is 0 Å². The van der Waals surface area contributed by atoms with Gasteiger partial charge in [0, 0.05) is 19.3 Å². The van der Waals surface area contributed by atoms with Crippen molar-refractivity contribution in [2.45, 2.75) is 250 Å². The van der Waals surface area contributed by atoms with E-state index in [0.29, 0.717) is 19.3 Å². The molecule has 0 aromatic heterocycles. The molecular weight excluding hydrogens is 973 g/mol. The van der Waals surface area contributed by atoms with Gasteiger partial charge in [0.2, 0.25) is 0 Å². The highest BCUT2D eigenvalue weighted by Gasteiger charge is 2.50. The predicted octanol–water partition coefficient (Wildman–Crippen LogP) is 15.2. The highest BCUT2D eigenvalue weighted by atomic mass is 16.7. The number of hydrogen-bond acceptors (Lipinski definition) is 11. The van der Waals surface area contributed by atoms with Crippen molar-refractivity contribution in [2.24, 2.45) is 0 Å². The van der Waals surface area contributed by atoms with Gasteiger partial charge in [0.15, 0.2) is 24.6 Å². The van der Waals surface area contributed by atoms with Crippen molar-refractivity contribution in [1.82, 2.24) is 0 Å². The number of carboxylic acid groups (broad SMARTS) is 1. The predicted molar refractivity (Wildman–Crippen MR) is 312 cm³/mol. The summed E-state index contributed by atoms with van der Waals surface area (Å²) < 4.78 is 28.3. The van der Waals surface area contributed by atoms with E-state index in [9.17, 15) is 34.5 Å². The van der Waals surface area contributed by atoms with E-state index < -0.39 is 67.3 Å². The van der Waals surface area contributed by atoms with Crippen molar-refractivity contribution in [2.75, 3.05) is 13.2 Å². The summed E-state index contributed by atoms with van der Waals surface area (Å²) in [5.74, 6) is -3.23. The lowest BCUT2D eigenvalue weighted by atomic mass is 9.98. The van der Waals surface area contributed by atoms with Crippen molar-refractivity contribution in [3.63, 3.8) is 0 Å². The number of aliphatic hydroxyl groups is 2. The molecule has 3 N–H and O–H groups in total. The number of carbonyl (C=O) groups is 4. The van der Waals surface area contributed by atoms with Crippen LogP contribution in [-0.4, -0.2) is 89.2 Å². The molecule has 12 heteroatoms. The smallest absolute Gasteiger partial charge is 0.335 e. The average molecular weight is 1080 g/mol. The number of hydrogen-bond donors (Lipinski definition) is 3. The molecule has 77 heavy (non-hydrogen) atoms. The summed E-state index contributed by atoms with van der Waals surface area (Å²) in [6.07, 6.45) is 59.0. The van der Waals surface area contributed by atoms with Gasteiger partial charge in [-0.05, 0) is 109 Å². The molecule has 6 unspecified atom stereocenters. The number of unbranched alkanes of at least 4 members (excludes halogenated alkanes) is 14. The lowest BCUT2D eigenvalue weighted by molar-refractivity contribution is -0.301. The molecule has 0 amide bonds. The SMILES string of the molecule is CC/C=C\C/C=C\C/C=C\C/C=C\C/C=C\CCCCCC(=O)OCC(COC1OC(C(=O)O)C(O)C(O)C1OC(=O)CCCCCCCCCCC)OC(=O)CCCCC/C=C\C/C=C\C/C=C\C/C=C\C/C=C\CC. The van der Waals surface area contributed by atoms with Crippen LogP contribution in [0.3, 0.4) is 0 Å². The second-order valence-corrected chi connectivity index (χ2v) is 19.5. The normalized spacial score (nSPS) is 18.9. The molecule has 0 bridgehead atoms. The monoisotopic (exact) mass is 1070 g/mol. The van der Waals surface area contributed by atoms with Gasteiger partial charge in [0.05, 0.1) is 6.61 Å². The van der Waals surface area contributed by atoms with E-state index in [-0.39, 0.29) is 25.9 Å². The molecule has 0 saturated carbocycles. The zero-order valence-electron chi connectivity index (χ0n) is 47.7. The Balaban J connectivity index is 2.73. The fraction of sp³-hybridized carbons (Fsp3) is 0.631. The van der Waals surface area contributed by atoms with Crippen molar-refractivity contribution in [3.8, 4) is 0 Å². The van der Waals surface area contributed by atoms with Crippen LogP contribution < -0.4 is 0 Å². The highest BCUT2D eigenvalue weighted by molar-refractivity contribution is 5.74. The minimum Gasteiger partial charge on any atom is -0.479 e. The van der Waals surface area contributed by atoms with Crippen LogP contribution in [-0.2, 0) is 42.9 Å². The standard InChI is InChI=1S/C65H102O12/c1-4-7-10-13-16-19-21-23-25-27-29-31-33-35-37-40-42-45-48-51-57(66)73-54-56(75-58(67)52-49-46-44-41-38-36-34-32-30-28-26-24-22-20-17-14-11-8-5-2)55-74-65-63(61(70)60(69)62(77-65)64(71)72)76-59(68)53-50-47-43-39-18-15-12-9-6-3/h7-8,10-11,16-17,19-20,23-26,29-32,35-38,56,60-63,65,69-70H,4-6,9,12-15,18,21-22,27-28,33-34,39-55H2,1-3H3,(H,71,72)/b10-7-,11-8-,19-16-,20-17-,25-23-,26-24-,31-29-,32-30-,37-35-,38-36-. The van der Waals surface area contributed by atoms with Crippen LogP contribution in [0.2, 0.25) is 0 Å². The molecule has 0 aliphatic carbocycles. The van der Waals surface area contributed by atoms with Crippen LogP contribution in [0.4, 0.5) is 0 Å². The second-order valence-electron chi connectivity index (χ2n) is 19.5. The quantitative estimate of drug-likeness (QED) is 0.0228. The van der Waals surface area contributed by atoms with E-state index in [1.54, 1.807) is 0 Å². The van der Waals surface area contributed by atoms with Gasteiger partial charge in [0.25, 0.3) is 0 Å². The Labute approximate surface area is 465 Å². The van der Waals surface area contributed by atoms with Gasteiger partial charge in [-0.1, -0.05) is 206 Å². The minimum absolute atomic E-state index is 0.0477. The maximum absolute atomic E-state index is 13.1. The molecule has 1 aliphatic heterocycles. The number of allylic oxidation sites excluding steroid dienone is 20. The van der Waals surface area contributed by atoms with Gasteiger partial charge in [-0.2, -0.15) is 0 Å².